The summed E-state index contributed by atoms with van der Waals surface area (Å²) in [5, 5.41) is 6.05. The first-order chi connectivity index (χ1) is 9.83. The van der Waals surface area contributed by atoms with Crippen molar-refractivity contribution >= 4 is 22.9 Å². The predicted molar refractivity (Wildman–Crippen MR) is 83.2 cm³/mol. The van der Waals surface area contributed by atoms with Crippen molar-refractivity contribution in [1.29, 1.82) is 0 Å². The SMILES string of the molecule is Clc1ccc(CNC(c2ccccc2)c2cccs2)o1. The van der Waals surface area contributed by atoms with Crippen LogP contribution in [0.4, 0.5) is 0 Å². The minimum Gasteiger partial charge on any atom is -0.448 e. The van der Waals surface area contributed by atoms with Gasteiger partial charge in [0.25, 0.3) is 0 Å². The maximum absolute atomic E-state index is 5.80. The highest BCUT2D eigenvalue weighted by Crippen LogP contribution is 2.26. The van der Waals surface area contributed by atoms with E-state index in [-0.39, 0.29) is 6.04 Å². The minimum atomic E-state index is 0.167. The number of hydrogen-bond acceptors (Lipinski definition) is 3. The van der Waals surface area contributed by atoms with Crippen molar-refractivity contribution in [2.24, 2.45) is 0 Å². The third-order valence-electron chi connectivity index (χ3n) is 3.07. The van der Waals surface area contributed by atoms with Crippen molar-refractivity contribution in [3.8, 4) is 0 Å². The lowest BCUT2D eigenvalue weighted by atomic mass is 10.1. The first-order valence-electron chi connectivity index (χ1n) is 6.39. The van der Waals surface area contributed by atoms with E-state index in [2.05, 4.69) is 47.1 Å². The van der Waals surface area contributed by atoms with Crippen molar-refractivity contribution in [1.82, 2.24) is 5.32 Å². The highest BCUT2D eigenvalue weighted by atomic mass is 35.5. The van der Waals surface area contributed by atoms with Crippen molar-refractivity contribution < 1.29 is 4.42 Å². The molecule has 4 heteroatoms. The molecule has 1 unspecified atom stereocenters. The van der Waals surface area contributed by atoms with Gasteiger partial charge in [-0.1, -0.05) is 36.4 Å². The maximum atomic E-state index is 5.80. The van der Waals surface area contributed by atoms with Crippen LogP contribution >= 0.6 is 22.9 Å². The van der Waals surface area contributed by atoms with Gasteiger partial charge in [0, 0.05) is 4.88 Å². The Morgan fingerprint density at radius 1 is 1.05 bits per heavy atom. The smallest absolute Gasteiger partial charge is 0.193 e. The fourth-order valence-corrected chi connectivity index (χ4v) is 3.12. The highest BCUT2D eigenvalue weighted by molar-refractivity contribution is 7.10. The Bertz CT molecular complexity index is 648. The second-order valence-corrected chi connectivity index (χ2v) is 5.80. The average Bonchev–Trinajstić information content (AvgIpc) is 3.12. The molecule has 1 atom stereocenters. The summed E-state index contributed by atoms with van der Waals surface area (Å²) in [5.74, 6) is 0.840. The molecule has 0 aliphatic carbocycles. The molecule has 3 aromatic rings. The lowest BCUT2D eigenvalue weighted by Crippen LogP contribution is -2.20. The van der Waals surface area contributed by atoms with Crippen LogP contribution in [0.15, 0.2) is 64.4 Å². The van der Waals surface area contributed by atoms with Gasteiger partial charge in [0.2, 0.25) is 0 Å². The largest absolute Gasteiger partial charge is 0.448 e. The quantitative estimate of drug-likeness (QED) is 0.727. The van der Waals surface area contributed by atoms with Gasteiger partial charge in [0.15, 0.2) is 5.22 Å². The molecule has 3 rings (SSSR count). The normalized spacial score (nSPS) is 12.4. The molecule has 0 radical (unpaired) electrons. The number of nitrogens with one attached hydrogen (secondary N) is 1. The second-order valence-electron chi connectivity index (χ2n) is 4.45. The summed E-state index contributed by atoms with van der Waals surface area (Å²) in [6, 6.07) is 18.4. The lowest BCUT2D eigenvalue weighted by molar-refractivity contribution is 0.471. The number of thiophene rings is 1. The molecule has 20 heavy (non-hydrogen) atoms. The molecule has 2 heterocycles. The van der Waals surface area contributed by atoms with E-state index < -0.39 is 0 Å². The van der Waals surface area contributed by atoms with Crippen LogP contribution in [-0.2, 0) is 6.54 Å². The van der Waals surface area contributed by atoms with Crippen LogP contribution in [0.25, 0.3) is 0 Å². The molecule has 1 N–H and O–H groups in total. The Morgan fingerprint density at radius 3 is 2.55 bits per heavy atom. The second kappa shape index (κ2) is 6.27. The van der Waals surface area contributed by atoms with Crippen LogP contribution < -0.4 is 5.32 Å². The summed E-state index contributed by atoms with van der Waals surface area (Å²) >= 11 is 7.55. The van der Waals surface area contributed by atoms with E-state index in [4.69, 9.17) is 16.0 Å². The number of rotatable bonds is 5. The fraction of sp³-hybridized carbons (Fsp3) is 0.125. The van der Waals surface area contributed by atoms with E-state index >= 15 is 0 Å². The molecular weight excluding hydrogens is 290 g/mol. The molecule has 0 saturated carbocycles. The van der Waals surface area contributed by atoms with E-state index in [9.17, 15) is 0 Å². The Morgan fingerprint density at radius 2 is 1.90 bits per heavy atom. The monoisotopic (exact) mass is 303 g/mol. The first-order valence-corrected chi connectivity index (χ1v) is 7.64. The molecule has 1 aromatic carbocycles. The molecule has 2 nitrogen and oxygen atoms in total. The fourth-order valence-electron chi connectivity index (χ4n) is 2.13. The van der Waals surface area contributed by atoms with E-state index in [0.717, 1.165) is 5.76 Å². The average molecular weight is 304 g/mol. The van der Waals surface area contributed by atoms with E-state index in [1.807, 2.05) is 12.1 Å². The summed E-state index contributed by atoms with van der Waals surface area (Å²) in [5.41, 5.74) is 1.24. The summed E-state index contributed by atoms with van der Waals surface area (Å²) < 4.78 is 5.39. The zero-order chi connectivity index (χ0) is 13.8. The van der Waals surface area contributed by atoms with Crippen molar-refractivity contribution in [3.63, 3.8) is 0 Å². The van der Waals surface area contributed by atoms with Crippen LogP contribution in [0.2, 0.25) is 5.22 Å². The Balaban J connectivity index is 1.80. The number of furan rings is 1. The zero-order valence-corrected chi connectivity index (χ0v) is 12.3. The van der Waals surface area contributed by atoms with Gasteiger partial charge in [-0.25, -0.2) is 0 Å². The van der Waals surface area contributed by atoms with E-state index in [1.54, 1.807) is 17.4 Å². The summed E-state index contributed by atoms with van der Waals surface area (Å²) in [6.45, 7) is 0.643. The van der Waals surface area contributed by atoms with Gasteiger partial charge in [-0.2, -0.15) is 0 Å². The molecular formula is C16H14ClNOS. The van der Waals surface area contributed by atoms with Crippen LogP contribution in [0.3, 0.4) is 0 Å². The molecule has 0 spiro atoms. The Kier molecular flexibility index (Phi) is 4.21. The zero-order valence-electron chi connectivity index (χ0n) is 10.8. The molecule has 0 fully saturated rings. The number of hydrogen-bond donors (Lipinski definition) is 1. The molecule has 0 saturated heterocycles. The number of halogens is 1. The van der Waals surface area contributed by atoms with Crippen LogP contribution in [-0.4, -0.2) is 0 Å². The van der Waals surface area contributed by atoms with E-state index in [0.29, 0.717) is 11.8 Å². The van der Waals surface area contributed by atoms with Crippen molar-refractivity contribution in [2.75, 3.05) is 0 Å². The molecule has 0 aliphatic heterocycles. The van der Waals surface area contributed by atoms with Gasteiger partial charge in [0.05, 0.1) is 12.6 Å². The van der Waals surface area contributed by atoms with Gasteiger partial charge in [-0.15, -0.1) is 11.3 Å². The lowest BCUT2D eigenvalue weighted by Gasteiger charge is -2.17. The summed E-state index contributed by atoms with van der Waals surface area (Å²) in [7, 11) is 0. The van der Waals surface area contributed by atoms with Gasteiger partial charge >= 0.3 is 0 Å². The third kappa shape index (κ3) is 3.12. The van der Waals surface area contributed by atoms with Crippen LogP contribution in [0.5, 0.6) is 0 Å². The van der Waals surface area contributed by atoms with Crippen LogP contribution in [0.1, 0.15) is 22.2 Å². The summed E-state index contributed by atoms with van der Waals surface area (Å²) in [6.07, 6.45) is 0. The molecule has 0 aliphatic rings. The van der Waals surface area contributed by atoms with Crippen LogP contribution in [0, 0.1) is 0 Å². The standard InChI is InChI=1S/C16H14ClNOS/c17-15-9-8-13(19-15)11-18-16(14-7-4-10-20-14)12-5-2-1-3-6-12/h1-10,16,18H,11H2. The molecule has 2 aromatic heterocycles. The Labute approximate surface area is 127 Å². The third-order valence-corrected chi connectivity index (χ3v) is 4.21. The van der Waals surface area contributed by atoms with Gasteiger partial charge < -0.3 is 4.42 Å². The molecule has 0 bridgehead atoms. The predicted octanol–water partition coefficient (Wildman–Crippen LogP) is 4.87. The summed E-state index contributed by atoms with van der Waals surface area (Å²) in [4.78, 5) is 1.29. The highest BCUT2D eigenvalue weighted by Gasteiger charge is 2.15. The van der Waals surface area contributed by atoms with Gasteiger partial charge in [0.1, 0.15) is 5.76 Å². The van der Waals surface area contributed by atoms with Crippen molar-refractivity contribution in [3.05, 3.63) is 81.4 Å². The first kappa shape index (κ1) is 13.4. The number of benzene rings is 1. The van der Waals surface area contributed by atoms with Gasteiger partial charge in [-0.3, -0.25) is 5.32 Å². The topological polar surface area (TPSA) is 25.2 Å². The molecule has 102 valence electrons. The van der Waals surface area contributed by atoms with E-state index in [1.165, 1.54) is 10.4 Å². The molecule has 0 amide bonds. The van der Waals surface area contributed by atoms with Crippen molar-refractivity contribution in [2.45, 2.75) is 12.6 Å². The maximum Gasteiger partial charge on any atom is 0.193 e. The minimum absolute atomic E-state index is 0.167. The Hall–Kier alpha value is -1.55. The van der Waals surface area contributed by atoms with Gasteiger partial charge in [-0.05, 0) is 40.7 Å².